The van der Waals surface area contributed by atoms with E-state index in [0.717, 1.165) is 24.5 Å². The van der Waals surface area contributed by atoms with Crippen molar-refractivity contribution in [2.75, 3.05) is 0 Å². The Balaban J connectivity index is 2.36. The van der Waals surface area contributed by atoms with Crippen molar-refractivity contribution >= 4 is 17.5 Å². The van der Waals surface area contributed by atoms with Crippen LogP contribution in [0.3, 0.4) is 0 Å². The highest BCUT2D eigenvalue weighted by Crippen LogP contribution is 2.36. The van der Waals surface area contributed by atoms with Gasteiger partial charge in [0.25, 0.3) is 5.91 Å². The molecule has 140 valence electrons. The van der Waals surface area contributed by atoms with Gasteiger partial charge in [0.05, 0.1) is 22.2 Å². The number of halogens is 4. The molecule has 0 aliphatic carbocycles. The van der Waals surface area contributed by atoms with Gasteiger partial charge in [-0.2, -0.15) is 13.2 Å². The minimum absolute atomic E-state index is 0.158. The SMILES string of the molecule is CCC(CC)C(NC(=O)c1cccc(C(F)(F)F)c1Cl)c1ccccc1. The zero-order valence-corrected chi connectivity index (χ0v) is 15.4. The Labute approximate surface area is 156 Å². The van der Waals surface area contributed by atoms with Crippen LogP contribution in [-0.2, 0) is 6.18 Å². The fourth-order valence-corrected chi connectivity index (χ4v) is 3.36. The molecule has 1 unspecified atom stereocenters. The van der Waals surface area contributed by atoms with E-state index in [2.05, 4.69) is 5.32 Å². The Hall–Kier alpha value is -2.01. The van der Waals surface area contributed by atoms with Crippen molar-refractivity contribution in [3.05, 3.63) is 70.2 Å². The predicted molar refractivity (Wildman–Crippen MR) is 97.2 cm³/mol. The van der Waals surface area contributed by atoms with Crippen molar-refractivity contribution in [1.82, 2.24) is 5.32 Å². The van der Waals surface area contributed by atoms with Crippen LogP contribution in [0.2, 0.25) is 5.02 Å². The predicted octanol–water partition coefficient (Wildman–Crippen LogP) is 6.27. The molecule has 2 aromatic carbocycles. The first-order valence-electron chi connectivity index (χ1n) is 8.51. The molecule has 6 heteroatoms. The van der Waals surface area contributed by atoms with E-state index in [4.69, 9.17) is 11.6 Å². The van der Waals surface area contributed by atoms with E-state index in [0.29, 0.717) is 0 Å². The van der Waals surface area contributed by atoms with E-state index in [-0.39, 0.29) is 17.5 Å². The van der Waals surface area contributed by atoms with Gasteiger partial charge in [0.1, 0.15) is 0 Å². The van der Waals surface area contributed by atoms with Crippen LogP contribution in [0.5, 0.6) is 0 Å². The Kier molecular flexibility index (Phi) is 6.70. The third-order valence-electron chi connectivity index (χ3n) is 4.51. The first-order valence-corrected chi connectivity index (χ1v) is 8.88. The molecule has 0 heterocycles. The van der Waals surface area contributed by atoms with Gasteiger partial charge in [0.2, 0.25) is 0 Å². The average molecular weight is 384 g/mol. The fraction of sp³-hybridized carbons (Fsp3) is 0.350. The van der Waals surface area contributed by atoms with E-state index in [9.17, 15) is 18.0 Å². The monoisotopic (exact) mass is 383 g/mol. The molecule has 0 saturated heterocycles. The van der Waals surface area contributed by atoms with Crippen LogP contribution in [0.1, 0.15) is 54.2 Å². The highest BCUT2D eigenvalue weighted by Gasteiger charge is 2.35. The summed E-state index contributed by atoms with van der Waals surface area (Å²) in [5.41, 5.74) is -0.267. The van der Waals surface area contributed by atoms with E-state index in [1.165, 1.54) is 12.1 Å². The normalized spacial score (nSPS) is 12.9. The van der Waals surface area contributed by atoms with Crippen LogP contribution >= 0.6 is 11.6 Å². The second kappa shape index (κ2) is 8.58. The Bertz CT molecular complexity index is 742. The van der Waals surface area contributed by atoms with Crippen molar-refractivity contribution < 1.29 is 18.0 Å². The number of carbonyl (C=O) groups is 1. The molecule has 0 aliphatic heterocycles. The lowest BCUT2D eigenvalue weighted by Gasteiger charge is -2.27. The number of benzene rings is 2. The van der Waals surface area contributed by atoms with Gasteiger partial charge in [-0.25, -0.2) is 0 Å². The molecule has 26 heavy (non-hydrogen) atoms. The number of carbonyl (C=O) groups excluding carboxylic acids is 1. The van der Waals surface area contributed by atoms with Gasteiger partial charge < -0.3 is 5.32 Å². The van der Waals surface area contributed by atoms with E-state index in [1.54, 1.807) is 0 Å². The minimum atomic E-state index is -4.61. The van der Waals surface area contributed by atoms with Gasteiger partial charge in [0.15, 0.2) is 0 Å². The lowest BCUT2D eigenvalue weighted by molar-refractivity contribution is -0.137. The highest BCUT2D eigenvalue weighted by molar-refractivity contribution is 6.34. The summed E-state index contributed by atoms with van der Waals surface area (Å²) >= 11 is 5.88. The molecule has 1 N–H and O–H groups in total. The Morgan fingerprint density at radius 3 is 2.19 bits per heavy atom. The first kappa shape index (κ1) is 20.3. The standard InChI is InChI=1S/C20H21ClF3NO/c1-3-13(4-2)18(14-9-6-5-7-10-14)25-19(26)15-11-8-12-16(17(15)21)20(22,23)24/h5-13,18H,3-4H2,1-2H3,(H,25,26). The number of alkyl halides is 3. The van der Waals surface area contributed by atoms with E-state index >= 15 is 0 Å². The van der Waals surface area contributed by atoms with Crippen LogP contribution < -0.4 is 5.32 Å². The molecule has 1 amide bonds. The molecule has 1 atom stereocenters. The number of rotatable bonds is 6. The lowest BCUT2D eigenvalue weighted by atomic mass is 9.88. The smallest absolute Gasteiger partial charge is 0.345 e. The first-order chi connectivity index (χ1) is 12.3. The van der Waals surface area contributed by atoms with Crippen LogP contribution in [-0.4, -0.2) is 5.91 Å². The van der Waals surface area contributed by atoms with Gasteiger partial charge in [-0.15, -0.1) is 0 Å². The quantitative estimate of drug-likeness (QED) is 0.626. The van der Waals surface area contributed by atoms with Gasteiger partial charge in [-0.05, 0) is 23.6 Å². The summed E-state index contributed by atoms with van der Waals surface area (Å²) in [6, 6.07) is 12.5. The van der Waals surface area contributed by atoms with E-state index in [1.807, 2.05) is 44.2 Å². The zero-order valence-electron chi connectivity index (χ0n) is 14.6. The van der Waals surface area contributed by atoms with Crippen molar-refractivity contribution in [1.29, 1.82) is 0 Å². The van der Waals surface area contributed by atoms with E-state index < -0.39 is 22.7 Å². The van der Waals surface area contributed by atoms with Gasteiger partial charge in [-0.1, -0.05) is 74.7 Å². The summed E-state index contributed by atoms with van der Waals surface area (Å²) < 4.78 is 39.1. The Morgan fingerprint density at radius 2 is 1.65 bits per heavy atom. The second-order valence-electron chi connectivity index (χ2n) is 6.10. The summed E-state index contributed by atoms with van der Waals surface area (Å²) in [5.74, 6) is -0.451. The number of amides is 1. The molecule has 0 saturated carbocycles. The van der Waals surface area contributed by atoms with Crippen LogP contribution in [0.4, 0.5) is 13.2 Å². The summed E-state index contributed by atoms with van der Waals surface area (Å²) in [6.07, 6.45) is -2.96. The molecule has 0 aliphatic rings. The molecule has 2 aromatic rings. The number of hydrogen-bond donors (Lipinski definition) is 1. The average Bonchev–Trinajstić information content (AvgIpc) is 2.61. The molecule has 0 spiro atoms. The minimum Gasteiger partial charge on any atom is -0.345 e. The lowest BCUT2D eigenvalue weighted by Crippen LogP contribution is -2.33. The van der Waals surface area contributed by atoms with Crippen molar-refractivity contribution in [2.45, 2.75) is 38.9 Å². The van der Waals surface area contributed by atoms with Crippen LogP contribution in [0.15, 0.2) is 48.5 Å². The maximum atomic E-state index is 13.0. The van der Waals surface area contributed by atoms with Gasteiger partial charge in [-0.3, -0.25) is 4.79 Å². The number of nitrogens with one attached hydrogen (secondary N) is 1. The van der Waals surface area contributed by atoms with Crippen molar-refractivity contribution in [2.24, 2.45) is 5.92 Å². The van der Waals surface area contributed by atoms with Crippen molar-refractivity contribution in [3.8, 4) is 0 Å². The molecule has 0 bridgehead atoms. The third-order valence-corrected chi connectivity index (χ3v) is 4.92. The fourth-order valence-electron chi connectivity index (χ4n) is 3.04. The Morgan fingerprint density at radius 1 is 1.04 bits per heavy atom. The van der Waals surface area contributed by atoms with Gasteiger partial charge in [0, 0.05) is 0 Å². The largest absolute Gasteiger partial charge is 0.417 e. The summed E-state index contributed by atoms with van der Waals surface area (Å²) in [4.78, 5) is 12.7. The molecular weight excluding hydrogens is 363 g/mol. The molecule has 2 rings (SSSR count). The maximum Gasteiger partial charge on any atom is 0.417 e. The molecule has 0 aromatic heterocycles. The number of hydrogen-bond acceptors (Lipinski definition) is 1. The molecular formula is C20H21ClF3NO. The van der Waals surface area contributed by atoms with Crippen LogP contribution in [0.25, 0.3) is 0 Å². The summed E-state index contributed by atoms with van der Waals surface area (Å²) in [7, 11) is 0. The van der Waals surface area contributed by atoms with Gasteiger partial charge >= 0.3 is 6.18 Å². The summed E-state index contributed by atoms with van der Waals surface area (Å²) in [6.45, 7) is 4.04. The third kappa shape index (κ3) is 4.58. The molecule has 2 nitrogen and oxygen atoms in total. The van der Waals surface area contributed by atoms with Crippen LogP contribution in [0, 0.1) is 5.92 Å². The maximum absolute atomic E-state index is 13.0. The summed E-state index contributed by atoms with van der Waals surface area (Å²) in [5, 5.41) is 2.31. The second-order valence-corrected chi connectivity index (χ2v) is 6.48. The topological polar surface area (TPSA) is 29.1 Å². The molecule has 0 radical (unpaired) electrons. The highest BCUT2D eigenvalue weighted by atomic mass is 35.5. The zero-order chi connectivity index (χ0) is 19.3. The van der Waals surface area contributed by atoms with Crippen molar-refractivity contribution in [3.63, 3.8) is 0 Å². The molecule has 0 fully saturated rings.